The number of hydrogen-bond acceptors (Lipinski definition) is 5. The predicted octanol–water partition coefficient (Wildman–Crippen LogP) is 2.29. The number of aliphatic hydroxyl groups is 1. The quantitative estimate of drug-likeness (QED) is 0.640. The molecule has 7 nitrogen and oxygen atoms in total. The summed E-state index contributed by atoms with van der Waals surface area (Å²) in [6.07, 6.45) is 6.16. The van der Waals surface area contributed by atoms with Gasteiger partial charge in [0, 0.05) is 23.7 Å². The van der Waals surface area contributed by atoms with Crippen molar-refractivity contribution >= 4 is 28.1 Å². The minimum Gasteiger partial charge on any atom is -0.395 e. The van der Waals surface area contributed by atoms with Gasteiger partial charge < -0.3 is 15.4 Å². The Labute approximate surface area is 153 Å². The molecule has 8 heteroatoms. The fourth-order valence-electron chi connectivity index (χ4n) is 3.56. The number of pyridine rings is 1. The number of thiophene rings is 1. The molecule has 26 heavy (non-hydrogen) atoms. The van der Waals surface area contributed by atoms with Gasteiger partial charge in [-0.2, -0.15) is 5.10 Å². The molecule has 0 radical (unpaired) electrons. The Morgan fingerprint density at radius 3 is 3.00 bits per heavy atom. The molecule has 3 aromatic heterocycles. The van der Waals surface area contributed by atoms with Crippen molar-refractivity contribution in [2.45, 2.75) is 31.7 Å². The van der Waals surface area contributed by atoms with Crippen LogP contribution in [0.5, 0.6) is 0 Å². The van der Waals surface area contributed by atoms with E-state index in [2.05, 4.69) is 10.3 Å². The molecule has 1 fully saturated rings. The second-order valence-corrected chi connectivity index (χ2v) is 7.39. The molecule has 0 spiro atoms. The van der Waals surface area contributed by atoms with Gasteiger partial charge >= 0.3 is 0 Å². The van der Waals surface area contributed by atoms with Crippen molar-refractivity contribution < 1.29 is 9.90 Å². The summed E-state index contributed by atoms with van der Waals surface area (Å²) in [5.74, 6) is -0.233. The third-order valence-electron chi connectivity index (χ3n) is 4.79. The molecule has 0 saturated heterocycles. The highest BCUT2D eigenvalue weighted by atomic mass is 32.1. The smallest absolute Gasteiger partial charge is 0.261 e. The predicted molar refractivity (Wildman–Crippen MR) is 101 cm³/mol. The average Bonchev–Trinajstić information content (AvgIpc) is 3.37. The molecule has 0 unspecified atom stereocenters. The zero-order valence-corrected chi connectivity index (χ0v) is 15.0. The number of nitrogens with one attached hydrogen (secondary N) is 2. The monoisotopic (exact) mass is 372 g/mol. The minimum atomic E-state index is -0.233. The highest BCUT2D eigenvalue weighted by molar-refractivity contribution is 7.12. The summed E-state index contributed by atoms with van der Waals surface area (Å²) in [4.78, 5) is 27.8. The molecule has 0 aliphatic heterocycles. The van der Waals surface area contributed by atoms with E-state index in [0.29, 0.717) is 22.0 Å². The number of aromatic amines is 1. The van der Waals surface area contributed by atoms with E-state index in [4.69, 9.17) is 10.2 Å². The molecule has 3 aromatic rings. The first-order valence-corrected chi connectivity index (χ1v) is 9.65. The Morgan fingerprint density at radius 2 is 2.23 bits per heavy atom. The van der Waals surface area contributed by atoms with Crippen molar-refractivity contribution in [2.24, 2.45) is 0 Å². The maximum Gasteiger partial charge on any atom is 0.261 e. The number of aromatic nitrogens is 3. The Bertz CT molecular complexity index is 997. The third kappa shape index (κ3) is 2.95. The SMILES string of the molecule is O=C(NCCO)c1cc(-c2nn(C3CCCC3)c3cc[nH]c(=O)c23)cs1. The zero-order chi connectivity index (χ0) is 18.1. The molecule has 136 valence electrons. The fourth-order valence-corrected chi connectivity index (χ4v) is 4.37. The number of rotatable bonds is 5. The molecule has 0 atom stereocenters. The highest BCUT2D eigenvalue weighted by Crippen LogP contribution is 2.35. The number of aliphatic hydroxyl groups excluding tert-OH is 1. The van der Waals surface area contributed by atoms with Crippen LogP contribution in [0.4, 0.5) is 0 Å². The van der Waals surface area contributed by atoms with Gasteiger partial charge in [0.1, 0.15) is 5.69 Å². The van der Waals surface area contributed by atoms with Crippen molar-refractivity contribution in [1.82, 2.24) is 20.1 Å². The van der Waals surface area contributed by atoms with E-state index in [1.54, 1.807) is 12.3 Å². The van der Waals surface area contributed by atoms with Gasteiger partial charge in [-0.3, -0.25) is 14.3 Å². The van der Waals surface area contributed by atoms with Gasteiger partial charge in [-0.25, -0.2) is 0 Å². The number of H-pyrrole nitrogens is 1. The van der Waals surface area contributed by atoms with Crippen LogP contribution in [0.2, 0.25) is 0 Å². The van der Waals surface area contributed by atoms with Gasteiger partial charge in [-0.15, -0.1) is 11.3 Å². The van der Waals surface area contributed by atoms with Crippen molar-refractivity contribution in [3.63, 3.8) is 0 Å². The summed E-state index contributed by atoms with van der Waals surface area (Å²) < 4.78 is 1.98. The van der Waals surface area contributed by atoms with Crippen LogP contribution in [0, 0.1) is 0 Å². The van der Waals surface area contributed by atoms with E-state index in [0.717, 1.165) is 23.9 Å². The van der Waals surface area contributed by atoms with Crippen molar-refractivity contribution in [3.8, 4) is 11.3 Å². The molecule has 0 aromatic carbocycles. The first-order valence-electron chi connectivity index (χ1n) is 8.77. The molecule has 1 aliphatic rings. The van der Waals surface area contributed by atoms with Gasteiger partial charge in [-0.1, -0.05) is 12.8 Å². The van der Waals surface area contributed by atoms with Gasteiger partial charge in [0.25, 0.3) is 11.5 Å². The van der Waals surface area contributed by atoms with Crippen molar-refractivity contribution in [1.29, 1.82) is 0 Å². The van der Waals surface area contributed by atoms with E-state index in [9.17, 15) is 9.59 Å². The van der Waals surface area contributed by atoms with Crippen LogP contribution < -0.4 is 10.9 Å². The molecule has 1 amide bonds. The largest absolute Gasteiger partial charge is 0.395 e. The second kappa shape index (κ2) is 7.05. The molecular formula is C18H20N4O3S. The molecule has 4 rings (SSSR count). The molecule has 0 bridgehead atoms. The Balaban J connectivity index is 1.78. The summed E-state index contributed by atoms with van der Waals surface area (Å²) in [6.45, 7) is 0.112. The summed E-state index contributed by atoms with van der Waals surface area (Å²) in [5, 5.41) is 18.7. The lowest BCUT2D eigenvalue weighted by molar-refractivity contribution is 0.0949. The highest BCUT2D eigenvalue weighted by Gasteiger charge is 2.24. The van der Waals surface area contributed by atoms with Gasteiger partial charge in [0.2, 0.25) is 0 Å². The number of amides is 1. The lowest BCUT2D eigenvalue weighted by atomic mass is 10.1. The van der Waals surface area contributed by atoms with Crippen LogP contribution in [-0.2, 0) is 0 Å². The lowest BCUT2D eigenvalue weighted by Gasteiger charge is -2.10. The Kier molecular flexibility index (Phi) is 4.60. The van der Waals surface area contributed by atoms with Gasteiger partial charge in [-0.05, 0) is 25.0 Å². The summed E-state index contributed by atoms with van der Waals surface area (Å²) in [5.41, 5.74) is 2.06. The van der Waals surface area contributed by atoms with E-state index < -0.39 is 0 Å². The second-order valence-electron chi connectivity index (χ2n) is 6.48. The van der Waals surface area contributed by atoms with E-state index in [-0.39, 0.29) is 24.6 Å². The summed E-state index contributed by atoms with van der Waals surface area (Å²) in [6, 6.07) is 3.97. The van der Waals surface area contributed by atoms with E-state index >= 15 is 0 Å². The number of carbonyl (C=O) groups excluding carboxylic acids is 1. The first kappa shape index (κ1) is 17.0. The lowest BCUT2D eigenvalue weighted by Crippen LogP contribution is -2.25. The van der Waals surface area contributed by atoms with Crippen LogP contribution in [0.15, 0.2) is 28.5 Å². The topological polar surface area (TPSA) is 100 Å². The van der Waals surface area contributed by atoms with E-state index in [1.165, 1.54) is 24.2 Å². The van der Waals surface area contributed by atoms with Crippen LogP contribution in [0.3, 0.4) is 0 Å². The average molecular weight is 372 g/mol. The number of nitrogens with zero attached hydrogens (tertiary/aromatic N) is 2. The van der Waals surface area contributed by atoms with Crippen LogP contribution >= 0.6 is 11.3 Å². The van der Waals surface area contributed by atoms with E-state index in [1.807, 2.05) is 16.1 Å². The number of fused-ring (bicyclic) bond motifs is 1. The molecule has 1 saturated carbocycles. The van der Waals surface area contributed by atoms with Gasteiger partial charge in [0.05, 0.1) is 28.4 Å². The number of carbonyl (C=O) groups is 1. The molecule has 3 N–H and O–H groups in total. The third-order valence-corrected chi connectivity index (χ3v) is 5.72. The molecular weight excluding hydrogens is 352 g/mol. The fraction of sp³-hybridized carbons (Fsp3) is 0.389. The van der Waals surface area contributed by atoms with Crippen molar-refractivity contribution in [3.05, 3.63) is 38.9 Å². The first-order chi connectivity index (χ1) is 12.7. The van der Waals surface area contributed by atoms with Crippen molar-refractivity contribution in [2.75, 3.05) is 13.2 Å². The molecule has 1 aliphatic carbocycles. The Morgan fingerprint density at radius 1 is 1.42 bits per heavy atom. The van der Waals surface area contributed by atoms with Crippen LogP contribution in [0.1, 0.15) is 41.4 Å². The zero-order valence-electron chi connectivity index (χ0n) is 14.2. The van der Waals surface area contributed by atoms with Crippen LogP contribution in [0.25, 0.3) is 22.2 Å². The van der Waals surface area contributed by atoms with Gasteiger partial charge in [0.15, 0.2) is 0 Å². The van der Waals surface area contributed by atoms with Crippen LogP contribution in [-0.4, -0.2) is 38.9 Å². The summed E-state index contributed by atoms with van der Waals surface area (Å²) in [7, 11) is 0. The maximum absolute atomic E-state index is 12.5. The minimum absolute atomic E-state index is 0.101. The Hall–Kier alpha value is -2.45. The standard InChI is InChI=1S/C18H20N4O3S/c23-8-7-20-17(24)14-9-11(10-26-14)16-15-13(5-6-19-18(15)25)22(21-16)12-3-1-2-4-12/h5-6,9-10,12,23H,1-4,7-8H2,(H,19,25)(H,20,24). The number of hydrogen-bond donors (Lipinski definition) is 3. The maximum atomic E-state index is 12.5. The summed E-state index contributed by atoms with van der Waals surface area (Å²) >= 11 is 1.30. The normalized spacial score (nSPS) is 15.0. The molecule has 3 heterocycles.